The fraction of sp³-hybridized carbons (Fsp3) is 0.308. The van der Waals surface area contributed by atoms with Crippen LogP contribution in [0.1, 0.15) is 29.3 Å². The minimum Gasteiger partial charge on any atom is -0.452 e. The van der Waals surface area contributed by atoms with Crippen LogP contribution in [0.15, 0.2) is 58.6 Å². The van der Waals surface area contributed by atoms with Crippen LogP contribution < -0.4 is 10.2 Å². The largest absolute Gasteiger partial charge is 0.452 e. The minimum atomic E-state index is -0.707. The Bertz CT molecular complexity index is 1270. The van der Waals surface area contributed by atoms with Crippen LogP contribution in [0.25, 0.3) is 0 Å². The minimum absolute atomic E-state index is 0.109. The second-order valence-corrected chi connectivity index (χ2v) is 10.0. The highest BCUT2D eigenvalue weighted by Gasteiger charge is 2.60. The first-order chi connectivity index (χ1) is 16.2. The lowest BCUT2D eigenvalue weighted by atomic mass is 9.82. The standard InChI is InChI=1S/C26H23BrN2O5/c1-13-8-16-11-19(13)23-22(16)24(31)29(25(23)32)18-5-3-4-15(10-18)26(33)34-12-21(30)28-20-7-6-17(27)9-14(20)2/h3-10,16,19,22-23H,11-12H2,1-2H3,(H,28,30)/t16-,19+,22-,23+/m0/s1. The van der Waals surface area contributed by atoms with E-state index in [4.69, 9.17) is 4.74 Å². The van der Waals surface area contributed by atoms with Crippen molar-refractivity contribution in [3.8, 4) is 0 Å². The molecular formula is C26H23BrN2O5. The van der Waals surface area contributed by atoms with Crippen LogP contribution in [0, 0.1) is 30.6 Å². The maximum absolute atomic E-state index is 13.2. The van der Waals surface area contributed by atoms with Gasteiger partial charge in [-0.15, -0.1) is 0 Å². The molecule has 0 spiro atoms. The summed E-state index contributed by atoms with van der Waals surface area (Å²) in [6.07, 6.45) is 2.98. The Kier molecular flexibility index (Phi) is 5.64. The van der Waals surface area contributed by atoms with Crippen molar-refractivity contribution in [2.24, 2.45) is 23.7 Å². The predicted octanol–water partition coefficient (Wildman–Crippen LogP) is 4.25. The molecule has 2 aromatic rings. The molecule has 2 aromatic carbocycles. The van der Waals surface area contributed by atoms with Crippen molar-refractivity contribution in [1.82, 2.24) is 0 Å². The molecule has 2 aliphatic carbocycles. The lowest BCUT2D eigenvalue weighted by molar-refractivity contribution is -0.123. The zero-order valence-electron chi connectivity index (χ0n) is 18.7. The van der Waals surface area contributed by atoms with Crippen LogP contribution in [-0.4, -0.2) is 30.3 Å². The van der Waals surface area contributed by atoms with E-state index in [1.54, 1.807) is 24.3 Å². The molecule has 34 heavy (non-hydrogen) atoms. The number of fused-ring (bicyclic) bond motifs is 5. The van der Waals surface area contributed by atoms with Gasteiger partial charge in [0.15, 0.2) is 6.61 Å². The highest BCUT2D eigenvalue weighted by Crippen LogP contribution is 2.55. The molecule has 4 atom stereocenters. The Labute approximate surface area is 205 Å². The van der Waals surface area contributed by atoms with Crippen LogP contribution in [0.4, 0.5) is 11.4 Å². The number of ether oxygens (including phenoxy) is 1. The molecule has 7 nitrogen and oxygen atoms in total. The highest BCUT2D eigenvalue weighted by atomic mass is 79.9. The number of rotatable bonds is 5. The first-order valence-electron chi connectivity index (χ1n) is 11.1. The van der Waals surface area contributed by atoms with Gasteiger partial charge in [0, 0.05) is 10.2 Å². The number of aryl methyl sites for hydroxylation is 1. The number of esters is 1. The zero-order chi connectivity index (χ0) is 24.1. The molecule has 0 aromatic heterocycles. The summed E-state index contributed by atoms with van der Waals surface area (Å²) in [6, 6.07) is 11.7. The summed E-state index contributed by atoms with van der Waals surface area (Å²) in [5, 5.41) is 2.71. The van der Waals surface area contributed by atoms with Gasteiger partial charge in [-0.1, -0.05) is 33.6 Å². The monoisotopic (exact) mass is 522 g/mol. The number of allylic oxidation sites excluding steroid dienone is 2. The van der Waals surface area contributed by atoms with E-state index in [9.17, 15) is 19.2 Å². The maximum Gasteiger partial charge on any atom is 0.338 e. The summed E-state index contributed by atoms with van der Waals surface area (Å²) in [7, 11) is 0. The third-order valence-electron chi connectivity index (χ3n) is 7.02. The number of anilines is 2. The predicted molar refractivity (Wildman–Crippen MR) is 129 cm³/mol. The molecule has 1 saturated heterocycles. The molecule has 1 saturated carbocycles. The quantitative estimate of drug-likeness (QED) is 0.360. The van der Waals surface area contributed by atoms with E-state index >= 15 is 0 Å². The number of imide groups is 1. The molecule has 174 valence electrons. The van der Waals surface area contributed by atoms with Gasteiger partial charge >= 0.3 is 5.97 Å². The van der Waals surface area contributed by atoms with E-state index in [-0.39, 0.29) is 41.0 Å². The number of halogens is 1. The Morgan fingerprint density at radius 2 is 1.85 bits per heavy atom. The van der Waals surface area contributed by atoms with Gasteiger partial charge in [-0.05, 0) is 74.1 Å². The number of hydrogen-bond donors (Lipinski definition) is 1. The lowest BCUT2D eigenvalue weighted by Gasteiger charge is -2.19. The Morgan fingerprint density at radius 3 is 2.62 bits per heavy atom. The average molecular weight is 523 g/mol. The summed E-state index contributed by atoms with van der Waals surface area (Å²) >= 11 is 3.37. The van der Waals surface area contributed by atoms with E-state index in [0.29, 0.717) is 11.4 Å². The molecule has 5 rings (SSSR count). The van der Waals surface area contributed by atoms with Gasteiger partial charge in [-0.2, -0.15) is 0 Å². The van der Waals surface area contributed by atoms with E-state index < -0.39 is 18.5 Å². The number of amides is 3. The van der Waals surface area contributed by atoms with Crippen molar-refractivity contribution < 1.29 is 23.9 Å². The van der Waals surface area contributed by atoms with Crippen molar-refractivity contribution in [3.05, 3.63) is 69.7 Å². The Balaban J connectivity index is 1.25. The second kappa shape index (κ2) is 8.51. The summed E-state index contributed by atoms with van der Waals surface area (Å²) in [4.78, 5) is 52.3. The maximum atomic E-state index is 13.2. The zero-order valence-corrected chi connectivity index (χ0v) is 20.3. The number of hydrogen-bond acceptors (Lipinski definition) is 5. The van der Waals surface area contributed by atoms with Crippen molar-refractivity contribution in [2.75, 3.05) is 16.8 Å². The number of benzene rings is 2. The van der Waals surface area contributed by atoms with Crippen LogP contribution in [0.5, 0.6) is 0 Å². The van der Waals surface area contributed by atoms with Crippen LogP contribution in [-0.2, 0) is 19.1 Å². The second-order valence-electron chi connectivity index (χ2n) is 9.11. The van der Waals surface area contributed by atoms with Gasteiger partial charge < -0.3 is 10.1 Å². The highest BCUT2D eigenvalue weighted by molar-refractivity contribution is 9.10. The SMILES string of the molecule is CC1=C[C@H]2C[C@H]1[C@H]1C(=O)N(c3cccc(C(=O)OCC(=O)Nc4ccc(Br)cc4C)c3)C(=O)[C@H]12. The fourth-order valence-electron chi connectivity index (χ4n) is 5.47. The van der Waals surface area contributed by atoms with Gasteiger partial charge in [-0.25, -0.2) is 9.69 Å². The van der Waals surface area contributed by atoms with Crippen molar-refractivity contribution >= 4 is 51.0 Å². The first-order valence-corrected chi connectivity index (χ1v) is 11.9. The van der Waals surface area contributed by atoms with Crippen LogP contribution in [0.2, 0.25) is 0 Å². The average Bonchev–Trinajstić information content (AvgIpc) is 3.44. The molecule has 1 heterocycles. The van der Waals surface area contributed by atoms with Gasteiger partial charge in [0.25, 0.3) is 5.91 Å². The fourth-order valence-corrected chi connectivity index (χ4v) is 5.94. The molecule has 0 unspecified atom stereocenters. The number of carbonyl (C=O) groups is 4. The van der Waals surface area contributed by atoms with E-state index in [1.807, 2.05) is 19.9 Å². The van der Waals surface area contributed by atoms with E-state index in [1.165, 1.54) is 22.6 Å². The van der Waals surface area contributed by atoms with Crippen LogP contribution >= 0.6 is 15.9 Å². The molecule has 2 fully saturated rings. The number of nitrogens with zero attached hydrogens (tertiary/aromatic N) is 1. The summed E-state index contributed by atoms with van der Waals surface area (Å²) in [6.45, 7) is 3.42. The summed E-state index contributed by atoms with van der Waals surface area (Å²) < 4.78 is 6.07. The van der Waals surface area contributed by atoms with Crippen molar-refractivity contribution in [2.45, 2.75) is 20.3 Å². The normalized spacial score (nSPS) is 24.8. The molecule has 8 heteroatoms. The van der Waals surface area contributed by atoms with E-state index in [0.717, 1.165) is 16.5 Å². The van der Waals surface area contributed by atoms with Crippen LogP contribution in [0.3, 0.4) is 0 Å². The third kappa shape index (κ3) is 3.76. The van der Waals surface area contributed by atoms with Gasteiger partial charge in [-0.3, -0.25) is 14.4 Å². The smallest absolute Gasteiger partial charge is 0.338 e. The van der Waals surface area contributed by atoms with Gasteiger partial charge in [0.1, 0.15) is 0 Å². The van der Waals surface area contributed by atoms with Crippen molar-refractivity contribution in [1.29, 1.82) is 0 Å². The number of nitrogens with one attached hydrogen (secondary N) is 1. The molecule has 1 N–H and O–H groups in total. The number of carbonyl (C=O) groups excluding carboxylic acids is 4. The van der Waals surface area contributed by atoms with Gasteiger partial charge in [0.2, 0.25) is 11.8 Å². The Hall–Kier alpha value is -3.26. The molecule has 3 aliphatic rings. The lowest BCUT2D eigenvalue weighted by Crippen LogP contribution is -2.33. The topological polar surface area (TPSA) is 92.8 Å². The summed E-state index contributed by atoms with van der Waals surface area (Å²) in [5.74, 6) is -1.99. The van der Waals surface area contributed by atoms with Crippen molar-refractivity contribution in [3.63, 3.8) is 0 Å². The Morgan fingerprint density at radius 1 is 1.09 bits per heavy atom. The molecular weight excluding hydrogens is 500 g/mol. The van der Waals surface area contributed by atoms with Gasteiger partial charge in [0.05, 0.1) is 23.1 Å². The summed E-state index contributed by atoms with van der Waals surface area (Å²) in [5.41, 5.74) is 3.20. The first kappa shape index (κ1) is 22.5. The molecule has 2 bridgehead atoms. The molecule has 0 radical (unpaired) electrons. The third-order valence-corrected chi connectivity index (χ3v) is 7.51. The van der Waals surface area contributed by atoms with E-state index in [2.05, 4.69) is 27.3 Å². The molecule has 1 aliphatic heterocycles. The molecule has 3 amide bonds.